The number of rotatable bonds is 6. The minimum Gasteiger partial charge on any atom is -0.497 e. The summed E-state index contributed by atoms with van der Waals surface area (Å²) < 4.78 is 5.39. The number of hydrogen-bond donors (Lipinski definition) is 1. The van der Waals surface area contributed by atoms with E-state index in [9.17, 15) is 4.79 Å². The van der Waals surface area contributed by atoms with Gasteiger partial charge in [0.15, 0.2) is 0 Å². The number of carbonyl (C=O) groups excluding carboxylic acids is 1. The summed E-state index contributed by atoms with van der Waals surface area (Å²) in [7, 11) is 1.70. The van der Waals surface area contributed by atoms with E-state index >= 15 is 0 Å². The van der Waals surface area contributed by atoms with E-state index in [-0.39, 0.29) is 5.91 Å². The van der Waals surface area contributed by atoms with E-state index in [1.54, 1.807) is 14.0 Å². The molecule has 0 unspecified atom stereocenters. The van der Waals surface area contributed by atoms with Crippen molar-refractivity contribution in [2.45, 2.75) is 45.4 Å². The van der Waals surface area contributed by atoms with Gasteiger partial charge in [0, 0.05) is 13.5 Å². The van der Waals surface area contributed by atoms with Gasteiger partial charge < -0.3 is 10.1 Å². The summed E-state index contributed by atoms with van der Waals surface area (Å²) in [6.07, 6.45) is 7.51. The molecule has 0 spiro atoms. The summed E-state index contributed by atoms with van der Waals surface area (Å²) in [5, 5.41) is 5.41. The van der Waals surface area contributed by atoms with Gasteiger partial charge >= 0.3 is 0 Å². The molecule has 1 N–H and O–H groups in total. The number of carbonyl (C=O) groups is 1. The molecule has 1 aliphatic rings. The van der Waals surface area contributed by atoms with Gasteiger partial charge in [0.1, 0.15) is 5.75 Å². The Labute approximate surface area is 144 Å². The summed E-state index contributed by atoms with van der Waals surface area (Å²) in [5.74, 6) is 1.75. The van der Waals surface area contributed by atoms with Crippen LogP contribution in [0.15, 0.2) is 30.3 Å². The molecular formula is C21H27NO2. The predicted molar refractivity (Wildman–Crippen MR) is 98.5 cm³/mol. The van der Waals surface area contributed by atoms with Gasteiger partial charge in [-0.3, -0.25) is 4.79 Å². The van der Waals surface area contributed by atoms with Gasteiger partial charge in [0.2, 0.25) is 5.91 Å². The normalized spacial score (nSPS) is 14.9. The predicted octanol–water partition coefficient (Wildman–Crippen LogP) is 4.26. The van der Waals surface area contributed by atoms with Crippen LogP contribution in [0.1, 0.15) is 43.7 Å². The summed E-state index contributed by atoms with van der Waals surface area (Å²) in [4.78, 5) is 11.2. The van der Waals surface area contributed by atoms with Crippen molar-refractivity contribution in [3.63, 3.8) is 0 Å². The zero-order valence-corrected chi connectivity index (χ0v) is 14.7. The molecule has 1 saturated carbocycles. The van der Waals surface area contributed by atoms with Crippen LogP contribution < -0.4 is 10.1 Å². The largest absolute Gasteiger partial charge is 0.497 e. The Morgan fingerprint density at radius 2 is 2.00 bits per heavy atom. The second-order valence-corrected chi connectivity index (χ2v) is 6.93. The van der Waals surface area contributed by atoms with Crippen LogP contribution in [-0.4, -0.2) is 19.6 Å². The molecular weight excluding hydrogens is 298 g/mol. The molecule has 0 aliphatic heterocycles. The molecule has 3 heteroatoms. The highest BCUT2D eigenvalue weighted by molar-refractivity contribution is 5.88. The van der Waals surface area contributed by atoms with Crippen molar-refractivity contribution in [3.8, 4) is 5.75 Å². The topological polar surface area (TPSA) is 38.3 Å². The van der Waals surface area contributed by atoms with Crippen molar-refractivity contribution in [2.24, 2.45) is 5.92 Å². The molecule has 0 saturated heterocycles. The Morgan fingerprint density at radius 3 is 2.71 bits per heavy atom. The molecule has 2 aromatic rings. The lowest BCUT2D eigenvalue weighted by Crippen LogP contribution is -2.22. The van der Waals surface area contributed by atoms with E-state index in [2.05, 4.69) is 29.6 Å². The molecule has 0 atom stereocenters. The number of ether oxygens (including phenoxy) is 1. The van der Waals surface area contributed by atoms with Crippen molar-refractivity contribution >= 4 is 16.7 Å². The molecule has 0 bridgehead atoms. The summed E-state index contributed by atoms with van der Waals surface area (Å²) >= 11 is 0. The van der Waals surface area contributed by atoms with Gasteiger partial charge in [-0.1, -0.05) is 43.9 Å². The summed E-state index contributed by atoms with van der Waals surface area (Å²) in [6, 6.07) is 10.9. The van der Waals surface area contributed by atoms with Crippen LogP contribution in [0.5, 0.6) is 5.75 Å². The molecule has 0 aromatic heterocycles. The minimum absolute atomic E-state index is 0.0268. The lowest BCUT2D eigenvalue weighted by molar-refractivity contribution is -0.118. The fourth-order valence-electron chi connectivity index (χ4n) is 3.85. The molecule has 3 rings (SSSR count). The second kappa shape index (κ2) is 7.69. The Balaban J connectivity index is 1.90. The Morgan fingerprint density at radius 1 is 1.21 bits per heavy atom. The van der Waals surface area contributed by atoms with Gasteiger partial charge in [-0.25, -0.2) is 0 Å². The molecule has 3 nitrogen and oxygen atoms in total. The summed E-state index contributed by atoms with van der Waals surface area (Å²) in [6.45, 7) is 2.24. The molecule has 0 heterocycles. The van der Waals surface area contributed by atoms with Crippen LogP contribution in [-0.2, 0) is 17.6 Å². The fraction of sp³-hybridized carbons (Fsp3) is 0.476. The van der Waals surface area contributed by atoms with Crippen LogP contribution >= 0.6 is 0 Å². The maximum atomic E-state index is 11.2. The zero-order chi connectivity index (χ0) is 16.9. The molecule has 0 radical (unpaired) electrons. The highest BCUT2D eigenvalue weighted by Gasteiger charge is 2.16. The lowest BCUT2D eigenvalue weighted by atomic mass is 9.92. The van der Waals surface area contributed by atoms with E-state index in [1.165, 1.54) is 54.0 Å². The van der Waals surface area contributed by atoms with Gasteiger partial charge in [-0.15, -0.1) is 0 Å². The van der Waals surface area contributed by atoms with E-state index < -0.39 is 0 Å². The van der Waals surface area contributed by atoms with Crippen molar-refractivity contribution in [2.75, 3.05) is 13.7 Å². The van der Waals surface area contributed by atoms with Crippen molar-refractivity contribution < 1.29 is 9.53 Å². The Kier molecular flexibility index (Phi) is 5.39. The zero-order valence-electron chi connectivity index (χ0n) is 14.7. The lowest BCUT2D eigenvalue weighted by Gasteiger charge is -2.14. The quantitative estimate of drug-likeness (QED) is 0.862. The molecule has 1 fully saturated rings. The number of nitrogens with one attached hydrogen (secondary N) is 1. The molecule has 128 valence electrons. The molecule has 2 aromatic carbocycles. The fourth-order valence-corrected chi connectivity index (χ4v) is 3.85. The maximum Gasteiger partial charge on any atom is 0.216 e. The third kappa shape index (κ3) is 4.08. The molecule has 1 amide bonds. The SMILES string of the molecule is COc1ccc2cc(CC3CCCC3)cc(CCNC(C)=O)c2c1. The number of amides is 1. The highest BCUT2D eigenvalue weighted by atomic mass is 16.5. The summed E-state index contributed by atoms with van der Waals surface area (Å²) in [5.41, 5.74) is 2.73. The second-order valence-electron chi connectivity index (χ2n) is 6.93. The monoisotopic (exact) mass is 325 g/mol. The third-order valence-corrected chi connectivity index (χ3v) is 5.07. The third-order valence-electron chi connectivity index (χ3n) is 5.07. The van der Waals surface area contributed by atoms with E-state index in [1.807, 2.05) is 6.07 Å². The van der Waals surface area contributed by atoms with Crippen LogP contribution in [0.25, 0.3) is 10.8 Å². The van der Waals surface area contributed by atoms with Gasteiger partial charge in [-0.2, -0.15) is 0 Å². The van der Waals surface area contributed by atoms with Crippen molar-refractivity contribution in [1.29, 1.82) is 0 Å². The number of fused-ring (bicyclic) bond motifs is 1. The van der Waals surface area contributed by atoms with Crippen LogP contribution in [0, 0.1) is 5.92 Å². The smallest absolute Gasteiger partial charge is 0.216 e. The first-order valence-electron chi connectivity index (χ1n) is 8.99. The standard InChI is InChI=1S/C21H27NO2/c1-15(23)22-10-9-19-13-17(11-16-5-3-4-6-16)12-18-7-8-20(24-2)14-21(18)19/h7-8,12-14,16H,3-6,9-11H2,1-2H3,(H,22,23). The first-order chi connectivity index (χ1) is 11.7. The maximum absolute atomic E-state index is 11.2. The van der Waals surface area contributed by atoms with Gasteiger partial charge in [0.05, 0.1) is 7.11 Å². The Bertz CT molecular complexity index is 717. The number of benzene rings is 2. The first kappa shape index (κ1) is 16.8. The average molecular weight is 325 g/mol. The highest BCUT2D eigenvalue weighted by Crippen LogP contribution is 2.31. The van der Waals surface area contributed by atoms with E-state index in [4.69, 9.17) is 4.74 Å². The van der Waals surface area contributed by atoms with Crippen LogP contribution in [0.4, 0.5) is 0 Å². The minimum atomic E-state index is 0.0268. The number of methoxy groups -OCH3 is 1. The van der Waals surface area contributed by atoms with Crippen molar-refractivity contribution in [3.05, 3.63) is 41.5 Å². The molecule has 24 heavy (non-hydrogen) atoms. The Hall–Kier alpha value is -2.03. The van der Waals surface area contributed by atoms with Gasteiger partial charge in [-0.05, 0) is 52.8 Å². The van der Waals surface area contributed by atoms with Crippen LogP contribution in [0.2, 0.25) is 0 Å². The van der Waals surface area contributed by atoms with Crippen molar-refractivity contribution in [1.82, 2.24) is 5.32 Å². The van der Waals surface area contributed by atoms with E-state index in [0.29, 0.717) is 6.54 Å². The number of hydrogen-bond acceptors (Lipinski definition) is 2. The van der Waals surface area contributed by atoms with Crippen LogP contribution in [0.3, 0.4) is 0 Å². The van der Waals surface area contributed by atoms with E-state index in [0.717, 1.165) is 18.1 Å². The average Bonchev–Trinajstić information content (AvgIpc) is 3.07. The molecule has 1 aliphatic carbocycles. The first-order valence-corrected chi connectivity index (χ1v) is 8.99. The van der Waals surface area contributed by atoms with Gasteiger partial charge in [0.25, 0.3) is 0 Å².